The molecule has 0 saturated heterocycles. The summed E-state index contributed by atoms with van der Waals surface area (Å²) in [6.07, 6.45) is 1.47. The highest BCUT2D eigenvalue weighted by Gasteiger charge is 2.18. The van der Waals surface area contributed by atoms with Crippen LogP contribution in [0.5, 0.6) is 17.4 Å². The van der Waals surface area contributed by atoms with Gasteiger partial charge in [0.05, 0.1) is 5.52 Å². The molecule has 0 atom stereocenters. The molecular weight excluding hydrogens is 436 g/mol. The summed E-state index contributed by atoms with van der Waals surface area (Å²) >= 11 is 0. The molecule has 34 heavy (non-hydrogen) atoms. The average molecular weight is 454 g/mol. The Balaban J connectivity index is 1.48. The number of ether oxygens (including phenoxy) is 2. The maximum atomic E-state index is 13.0. The van der Waals surface area contributed by atoms with Crippen molar-refractivity contribution < 1.29 is 24.2 Å². The van der Waals surface area contributed by atoms with Crippen molar-refractivity contribution >= 4 is 34.5 Å². The molecular formula is C25H18N4O5. The number of hydrogen-bond acceptors (Lipinski definition) is 6. The highest BCUT2D eigenvalue weighted by atomic mass is 16.7. The second-order valence-corrected chi connectivity index (χ2v) is 7.36. The lowest BCUT2D eigenvalue weighted by molar-refractivity contribution is -0.115. The summed E-state index contributed by atoms with van der Waals surface area (Å²) in [5, 5.41) is 21.1. The molecule has 9 nitrogen and oxygen atoms in total. The molecule has 0 aliphatic carbocycles. The molecule has 0 spiro atoms. The average Bonchev–Trinajstić information content (AvgIpc) is 3.45. The molecule has 5 rings (SSSR count). The summed E-state index contributed by atoms with van der Waals surface area (Å²) in [7, 11) is 0. The Hall–Kier alpha value is -4.92. The van der Waals surface area contributed by atoms with Crippen LogP contribution in [0.15, 0.2) is 88.7 Å². The number of amides is 2. The molecule has 3 N–H and O–H groups in total. The summed E-state index contributed by atoms with van der Waals surface area (Å²) in [5.74, 6) is -0.377. The van der Waals surface area contributed by atoms with Crippen molar-refractivity contribution in [1.82, 2.24) is 10.3 Å². The predicted molar refractivity (Wildman–Crippen MR) is 124 cm³/mol. The van der Waals surface area contributed by atoms with Crippen LogP contribution >= 0.6 is 0 Å². The molecule has 4 aromatic rings. The Bertz CT molecular complexity index is 1460. The van der Waals surface area contributed by atoms with Crippen molar-refractivity contribution in [3.63, 3.8) is 0 Å². The van der Waals surface area contributed by atoms with Gasteiger partial charge in [-0.3, -0.25) is 9.59 Å². The standard InChI is InChI=1S/C25H18N4O5/c30-23(16-6-2-1-3-7-16)27-19(12-15-10-11-20-21(13-15)34-14-33-20)24(31)29-28-22-17-8-4-5-9-18(17)26-25(22)32/h1-13,26,32H,14H2,(H,27,30)/b19-12-,29-28?. The summed E-state index contributed by atoms with van der Waals surface area (Å²) < 4.78 is 10.7. The Kier molecular flexibility index (Phi) is 5.49. The number of nitrogens with zero attached hydrogens (tertiary/aromatic N) is 2. The minimum Gasteiger partial charge on any atom is -0.493 e. The van der Waals surface area contributed by atoms with E-state index in [0.717, 1.165) is 0 Å². The van der Waals surface area contributed by atoms with E-state index in [0.29, 0.717) is 33.5 Å². The van der Waals surface area contributed by atoms with Crippen LogP contribution < -0.4 is 14.8 Å². The number of aromatic hydroxyl groups is 1. The second kappa shape index (κ2) is 8.91. The number of carbonyl (C=O) groups is 2. The van der Waals surface area contributed by atoms with Crippen molar-refractivity contribution in [2.75, 3.05) is 6.79 Å². The number of hydrogen-bond donors (Lipinski definition) is 3. The molecule has 168 valence electrons. The number of carbonyl (C=O) groups excluding carboxylic acids is 2. The van der Waals surface area contributed by atoms with Gasteiger partial charge >= 0.3 is 5.91 Å². The quantitative estimate of drug-likeness (QED) is 0.298. The van der Waals surface area contributed by atoms with Gasteiger partial charge in [0.1, 0.15) is 5.70 Å². The fraction of sp³-hybridized carbons (Fsp3) is 0.0400. The SMILES string of the molecule is O=C(N=Nc1c(O)[nH]c2ccccc12)/C(=C/c1ccc2c(c1)OCO2)NC(=O)c1ccccc1. The van der Waals surface area contributed by atoms with Gasteiger partial charge in [-0.25, -0.2) is 0 Å². The lowest BCUT2D eigenvalue weighted by Gasteiger charge is -2.07. The van der Waals surface area contributed by atoms with Crippen molar-refractivity contribution in [2.24, 2.45) is 10.2 Å². The third-order valence-corrected chi connectivity index (χ3v) is 5.12. The van der Waals surface area contributed by atoms with Crippen LogP contribution in [0.3, 0.4) is 0 Å². The number of fused-ring (bicyclic) bond motifs is 2. The molecule has 2 amide bonds. The molecule has 3 aromatic carbocycles. The van der Waals surface area contributed by atoms with E-state index in [1.807, 2.05) is 0 Å². The number of aromatic nitrogens is 1. The third kappa shape index (κ3) is 4.22. The first kappa shape index (κ1) is 21.0. The Morgan fingerprint density at radius 1 is 0.971 bits per heavy atom. The Labute approximate surface area is 193 Å². The minimum absolute atomic E-state index is 0.101. The Morgan fingerprint density at radius 3 is 2.59 bits per heavy atom. The first-order valence-electron chi connectivity index (χ1n) is 10.3. The van der Waals surface area contributed by atoms with E-state index >= 15 is 0 Å². The highest BCUT2D eigenvalue weighted by Crippen LogP contribution is 2.35. The van der Waals surface area contributed by atoms with Gasteiger partial charge in [0.2, 0.25) is 12.7 Å². The fourth-order valence-corrected chi connectivity index (χ4v) is 3.47. The predicted octanol–water partition coefficient (Wildman–Crippen LogP) is 4.68. The monoisotopic (exact) mass is 454 g/mol. The highest BCUT2D eigenvalue weighted by molar-refractivity contribution is 6.05. The van der Waals surface area contributed by atoms with Gasteiger partial charge < -0.3 is 24.9 Å². The van der Waals surface area contributed by atoms with Gasteiger partial charge in [-0.2, -0.15) is 0 Å². The molecule has 0 unspecified atom stereocenters. The second-order valence-electron chi connectivity index (χ2n) is 7.36. The zero-order valence-electron chi connectivity index (χ0n) is 17.7. The van der Waals surface area contributed by atoms with Crippen LogP contribution in [0.25, 0.3) is 17.0 Å². The molecule has 0 fully saturated rings. The van der Waals surface area contributed by atoms with E-state index < -0.39 is 11.8 Å². The normalized spacial score (nSPS) is 12.9. The number of aromatic amines is 1. The fourth-order valence-electron chi connectivity index (χ4n) is 3.47. The van der Waals surface area contributed by atoms with Crippen molar-refractivity contribution in [1.29, 1.82) is 0 Å². The molecule has 2 heterocycles. The number of H-pyrrole nitrogens is 1. The van der Waals surface area contributed by atoms with Crippen LogP contribution in [-0.2, 0) is 4.79 Å². The van der Waals surface area contributed by atoms with Crippen molar-refractivity contribution in [3.05, 3.63) is 89.6 Å². The van der Waals surface area contributed by atoms with E-state index in [9.17, 15) is 14.7 Å². The van der Waals surface area contributed by atoms with Gasteiger partial charge in [0.25, 0.3) is 5.91 Å². The summed E-state index contributed by atoms with van der Waals surface area (Å²) in [6.45, 7) is 0.112. The van der Waals surface area contributed by atoms with E-state index in [2.05, 4.69) is 20.5 Å². The zero-order valence-corrected chi connectivity index (χ0v) is 17.7. The van der Waals surface area contributed by atoms with Gasteiger partial charge in [-0.05, 0) is 42.0 Å². The van der Waals surface area contributed by atoms with Crippen LogP contribution in [0.4, 0.5) is 5.69 Å². The van der Waals surface area contributed by atoms with Crippen molar-refractivity contribution in [3.8, 4) is 17.4 Å². The summed E-state index contributed by atoms with van der Waals surface area (Å²) in [5.41, 5.74) is 1.63. The first-order valence-corrected chi connectivity index (χ1v) is 10.3. The maximum absolute atomic E-state index is 13.0. The molecule has 0 saturated carbocycles. The van der Waals surface area contributed by atoms with Gasteiger partial charge in [0.15, 0.2) is 17.2 Å². The minimum atomic E-state index is -0.799. The number of benzene rings is 3. The Morgan fingerprint density at radius 2 is 1.74 bits per heavy atom. The van der Waals surface area contributed by atoms with Crippen LogP contribution in [0.2, 0.25) is 0 Å². The maximum Gasteiger partial charge on any atom is 0.311 e. The third-order valence-electron chi connectivity index (χ3n) is 5.12. The van der Waals surface area contributed by atoms with Gasteiger partial charge in [0, 0.05) is 10.9 Å². The van der Waals surface area contributed by atoms with E-state index in [1.54, 1.807) is 72.8 Å². The molecule has 0 radical (unpaired) electrons. The number of azo groups is 1. The van der Waals surface area contributed by atoms with E-state index in [-0.39, 0.29) is 24.1 Å². The number of nitrogens with one attached hydrogen (secondary N) is 2. The summed E-state index contributed by atoms with van der Waals surface area (Å²) in [4.78, 5) is 28.5. The van der Waals surface area contributed by atoms with E-state index in [4.69, 9.17) is 9.47 Å². The largest absolute Gasteiger partial charge is 0.493 e. The molecule has 9 heteroatoms. The van der Waals surface area contributed by atoms with Crippen LogP contribution in [-0.4, -0.2) is 28.7 Å². The van der Waals surface area contributed by atoms with Crippen LogP contribution in [0, 0.1) is 0 Å². The zero-order chi connectivity index (χ0) is 23.5. The summed E-state index contributed by atoms with van der Waals surface area (Å²) in [6, 6.07) is 20.7. The first-order chi connectivity index (χ1) is 16.6. The molecule has 0 bridgehead atoms. The van der Waals surface area contributed by atoms with Gasteiger partial charge in [-0.15, -0.1) is 10.2 Å². The number of rotatable bonds is 5. The lowest BCUT2D eigenvalue weighted by Crippen LogP contribution is -2.26. The van der Waals surface area contributed by atoms with Crippen molar-refractivity contribution in [2.45, 2.75) is 0 Å². The molecule has 1 aromatic heterocycles. The van der Waals surface area contributed by atoms with E-state index in [1.165, 1.54) is 6.08 Å². The number of para-hydroxylation sites is 1. The smallest absolute Gasteiger partial charge is 0.311 e. The topological polar surface area (TPSA) is 125 Å². The molecule has 1 aliphatic heterocycles. The molecule has 1 aliphatic rings. The lowest BCUT2D eigenvalue weighted by atomic mass is 10.1. The van der Waals surface area contributed by atoms with Gasteiger partial charge in [-0.1, -0.05) is 42.5 Å². The van der Waals surface area contributed by atoms with Crippen LogP contribution in [0.1, 0.15) is 15.9 Å².